The minimum atomic E-state index is -0.950. The van der Waals surface area contributed by atoms with E-state index in [4.69, 9.17) is 4.74 Å². The van der Waals surface area contributed by atoms with Crippen molar-refractivity contribution in [3.8, 4) is 0 Å². The first-order valence-corrected chi connectivity index (χ1v) is 10.3. The lowest BCUT2D eigenvalue weighted by Gasteiger charge is -2.15. The van der Waals surface area contributed by atoms with Crippen LogP contribution in [0.5, 0.6) is 0 Å². The predicted molar refractivity (Wildman–Crippen MR) is 110 cm³/mol. The van der Waals surface area contributed by atoms with Crippen molar-refractivity contribution in [3.63, 3.8) is 0 Å². The third kappa shape index (κ3) is 4.96. The summed E-state index contributed by atoms with van der Waals surface area (Å²) in [6.45, 7) is 3.42. The van der Waals surface area contributed by atoms with Crippen LogP contribution in [0.1, 0.15) is 29.2 Å². The molecule has 6 nitrogen and oxygen atoms in total. The molecule has 0 aliphatic carbocycles. The van der Waals surface area contributed by atoms with Crippen molar-refractivity contribution in [1.29, 1.82) is 0 Å². The Morgan fingerprint density at radius 3 is 2.61 bits per heavy atom. The van der Waals surface area contributed by atoms with Gasteiger partial charge < -0.3 is 10.1 Å². The minimum absolute atomic E-state index is 0.335. The van der Waals surface area contributed by atoms with Crippen molar-refractivity contribution in [3.05, 3.63) is 65.2 Å². The zero-order chi connectivity index (χ0) is 19.9. The van der Waals surface area contributed by atoms with Gasteiger partial charge in [-0.25, -0.2) is 4.79 Å². The van der Waals surface area contributed by atoms with Crippen LogP contribution >= 0.6 is 23.3 Å². The Morgan fingerprint density at radius 1 is 1.14 bits per heavy atom. The molecule has 0 saturated carbocycles. The maximum absolute atomic E-state index is 12.6. The van der Waals surface area contributed by atoms with Gasteiger partial charge in [-0.05, 0) is 49.1 Å². The van der Waals surface area contributed by atoms with Gasteiger partial charge in [-0.15, -0.1) is 5.10 Å². The van der Waals surface area contributed by atoms with Crippen LogP contribution in [0.3, 0.4) is 0 Å². The Labute approximate surface area is 171 Å². The molecule has 1 N–H and O–H groups in total. The van der Waals surface area contributed by atoms with Gasteiger partial charge in [0.15, 0.2) is 11.0 Å². The molecule has 0 saturated heterocycles. The molecule has 1 heterocycles. The second-order valence-electron chi connectivity index (χ2n) is 5.85. The Balaban J connectivity index is 1.66. The molecular formula is C20H19N3O3S2. The van der Waals surface area contributed by atoms with E-state index in [1.807, 2.05) is 61.5 Å². The number of esters is 1. The Hall–Kier alpha value is -2.71. The maximum atomic E-state index is 12.6. The molecule has 0 spiro atoms. The largest absolute Gasteiger partial charge is 0.448 e. The summed E-state index contributed by atoms with van der Waals surface area (Å²) in [5.74, 6) is -0.980. The predicted octanol–water partition coefficient (Wildman–Crippen LogP) is 4.44. The molecule has 28 heavy (non-hydrogen) atoms. The number of nitrogens with zero attached hydrogens (tertiary/aromatic N) is 2. The lowest BCUT2D eigenvalue weighted by molar-refractivity contribution is -0.123. The number of rotatable bonds is 7. The topological polar surface area (TPSA) is 81.2 Å². The number of aromatic nitrogens is 2. The third-order valence-corrected chi connectivity index (χ3v) is 5.68. The van der Waals surface area contributed by atoms with Crippen molar-refractivity contribution >= 4 is 40.9 Å². The first-order valence-electron chi connectivity index (χ1n) is 8.73. The van der Waals surface area contributed by atoms with E-state index in [0.29, 0.717) is 22.7 Å². The molecule has 0 unspecified atom stereocenters. The van der Waals surface area contributed by atoms with Gasteiger partial charge in [0.25, 0.3) is 5.91 Å². The molecule has 0 radical (unpaired) electrons. The van der Waals surface area contributed by atoms with Crippen LogP contribution in [0, 0.1) is 0 Å². The summed E-state index contributed by atoms with van der Waals surface area (Å²) in [5.41, 5.74) is 1.24. The molecule has 0 bridgehead atoms. The zero-order valence-corrected chi connectivity index (χ0v) is 17.0. The van der Waals surface area contributed by atoms with Crippen LogP contribution < -0.4 is 5.32 Å². The molecule has 8 heteroatoms. The fraction of sp³-hybridized carbons (Fsp3) is 0.200. The van der Waals surface area contributed by atoms with E-state index in [1.54, 1.807) is 18.7 Å². The molecule has 2 aromatic carbocycles. The highest BCUT2D eigenvalue weighted by molar-refractivity contribution is 7.99. The van der Waals surface area contributed by atoms with E-state index in [2.05, 4.69) is 14.9 Å². The average Bonchev–Trinajstić information content (AvgIpc) is 3.19. The zero-order valence-electron chi connectivity index (χ0n) is 15.4. The summed E-state index contributed by atoms with van der Waals surface area (Å²) in [4.78, 5) is 27.1. The summed E-state index contributed by atoms with van der Waals surface area (Å²) in [6.07, 6.45) is -0.375. The number of amides is 1. The second kappa shape index (κ2) is 9.48. The number of anilines is 1. The van der Waals surface area contributed by atoms with Crippen molar-refractivity contribution in [2.75, 3.05) is 5.32 Å². The standard InChI is InChI=1S/C20H19N3O3S2/c1-3-15-18(28-23-22-15)20(25)26-13(2)19(24)21-16-11-7-8-12-17(16)27-14-9-5-4-6-10-14/h4-13H,3H2,1-2H3,(H,21,24)/t13-/m0/s1. The summed E-state index contributed by atoms with van der Waals surface area (Å²) in [6, 6.07) is 17.4. The summed E-state index contributed by atoms with van der Waals surface area (Å²) in [5, 5.41) is 6.74. The fourth-order valence-electron chi connectivity index (χ4n) is 2.37. The number of carbonyl (C=O) groups excluding carboxylic acids is 2. The van der Waals surface area contributed by atoms with Gasteiger partial charge >= 0.3 is 5.97 Å². The van der Waals surface area contributed by atoms with Gasteiger partial charge in [-0.3, -0.25) is 4.79 Å². The van der Waals surface area contributed by atoms with E-state index >= 15 is 0 Å². The highest BCUT2D eigenvalue weighted by Crippen LogP contribution is 2.33. The molecule has 3 aromatic rings. The molecule has 1 amide bonds. The van der Waals surface area contributed by atoms with Crippen molar-refractivity contribution in [2.45, 2.75) is 36.2 Å². The number of ether oxygens (including phenoxy) is 1. The molecule has 1 atom stereocenters. The lowest BCUT2D eigenvalue weighted by atomic mass is 10.3. The van der Waals surface area contributed by atoms with Gasteiger partial charge in [-0.1, -0.05) is 53.5 Å². The molecule has 3 rings (SSSR count). The normalized spacial score (nSPS) is 11.6. The Morgan fingerprint density at radius 2 is 1.86 bits per heavy atom. The van der Waals surface area contributed by atoms with E-state index in [-0.39, 0.29) is 0 Å². The summed E-state index contributed by atoms with van der Waals surface area (Å²) >= 11 is 2.52. The monoisotopic (exact) mass is 413 g/mol. The van der Waals surface area contributed by atoms with E-state index in [1.165, 1.54) is 0 Å². The minimum Gasteiger partial charge on any atom is -0.448 e. The van der Waals surface area contributed by atoms with Crippen molar-refractivity contribution in [1.82, 2.24) is 9.59 Å². The van der Waals surface area contributed by atoms with Gasteiger partial charge in [0.1, 0.15) is 0 Å². The van der Waals surface area contributed by atoms with Crippen LogP contribution in [-0.4, -0.2) is 27.6 Å². The smallest absolute Gasteiger partial charge is 0.352 e. The fourth-order valence-corrected chi connectivity index (χ4v) is 3.93. The number of para-hydroxylation sites is 1. The van der Waals surface area contributed by atoms with Crippen molar-refractivity contribution in [2.24, 2.45) is 0 Å². The molecule has 0 aliphatic heterocycles. The molecule has 144 valence electrons. The molecule has 0 fully saturated rings. The summed E-state index contributed by atoms with van der Waals surface area (Å²) < 4.78 is 9.07. The number of nitrogens with one attached hydrogen (secondary N) is 1. The van der Waals surface area contributed by atoms with Gasteiger partial charge in [0.2, 0.25) is 0 Å². The number of carbonyl (C=O) groups is 2. The number of hydrogen-bond acceptors (Lipinski definition) is 7. The molecular weight excluding hydrogens is 394 g/mol. The van der Waals surface area contributed by atoms with E-state index < -0.39 is 18.0 Å². The average molecular weight is 414 g/mol. The SMILES string of the molecule is CCc1nnsc1C(=O)O[C@@H](C)C(=O)Nc1ccccc1Sc1ccccc1. The van der Waals surface area contributed by atoms with E-state index in [0.717, 1.165) is 21.3 Å². The first kappa shape index (κ1) is 20.0. The first-order chi connectivity index (χ1) is 13.6. The number of aryl methyl sites for hydroxylation is 1. The van der Waals surface area contributed by atoms with Crippen LogP contribution in [-0.2, 0) is 16.0 Å². The van der Waals surface area contributed by atoms with Crippen LogP contribution in [0.15, 0.2) is 64.4 Å². The van der Waals surface area contributed by atoms with Crippen LogP contribution in [0.25, 0.3) is 0 Å². The highest BCUT2D eigenvalue weighted by atomic mass is 32.2. The third-order valence-electron chi connectivity index (χ3n) is 3.85. The number of benzene rings is 2. The summed E-state index contributed by atoms with van der Waals surface area (Å²) in [7, 11) is 0. The highest BCUT2D eigenvalue weighted by Gasteiger charge is 2.23. The van der Waals surface area contributed by atoms with Crippen LogP contribution in [0.4, 0.5) is 5.69 Å². The Bertz CT molecular complexity index is 960. The van der Waals surface area contributed by atoms with E-state index in [9.17, 15) is 9.59 Å². The quantitative estimate of drug-likeness (QED) is 0.577. The molecule has 1 aromatic heterocycles. The van der Waals surface area contributed by atoms with Gasteiger partial charge in [-0.2, -0.15) is 0 Å². The second-order valence-corrected chi connectivity index (χ2v) is 7.72. The van der Waals surface area contributed by atoms with Crippen molar-refractivity contribution < 1.29 is 14.3 Å². The van der Waals surface area contributed by atoms with Gasteiger partial charge in [0.05, 0.1) is 11.4 Å². The van der Waals surface area contributed by atoms with Gasteiger partial charge in [0, 0.05) is 9.79 Å². The number of hydrogen-bond donors (Lipinski definition) is 1. The maximum Gasteiger partial charge on any atom is 0.352 e. The lowest BCUT2D eigenvalue weighted by Crippen LogP contribution is -2.30. The Kier molecular flexibility index (Phi) is 6.78. The van der Waals surface area contributed by atoms with Crippen LogP contribution in [0.2, 0.25) is 0 Å². The molecule has 0 aliphatic rings.